The fourth-order valence-corrected chi connectivity index (χ4v) is 2.05. The molecule has 8 heteroatoms. The van der Waals surface area contributed by atoms with E-state index < -0.39 is 18.2 Å². The predicted molar refractivity (Wildman–Crippen MR) is 71.9 cm³/mol. The van der Waals surface area contributed by atoms with E-state index in [-0.39, 0.29) is 12.5 Å². The first-order valence-corrected chi connectivity index (χ1v) is 6.72. The first kappa shape index (κ1) is 16.3. The minimum Gasteiger partial charge on any atom is -0.368 e. The number of ether oxygens (including phenoxy) is 1. The summed E-state index contributed by atoms with van der Waals surface area (Å²) in [4.78, 5) is 22.6. The molecule has 0 bridgehead atoms. The molecule has 1 aliphatic rings. The summed E-state index contributed by atoms with van der Waals surface area (Å²) in [6, 6.07) is 6.25. The highest BCUT2D eigenvalue weighted by Gasteiger charge is 2.38. The quantitative estimate of drug-likeness (QED) is 0.892. The molecular formula is C14H15F3N2O3. The summed E-state index contributed by atoms with van der Waals surface area (Å²) in [5.41, 5.74) is 0.891. The predicted octanol–water partition coefficient (Wildman–Crippen LogP) is 1.98. The number of hydrogen-bond donors (Lipinski definition) is 2. The Balaban J connectivity index is 1.92. The van der Waals surface area contributed by atoms with Crippen molar-refractivity contribution in [3.05, 3.63) is 29.8 Å². The zero-order valence-corrected chi connectivity index (χ0v) is 11.6. The third-order valence-corrected chi connectivity index (χ3v) is 3.13. The van der Waals surface area contributed by atoms with Gasteiger partial charge in [-0.25, -0.2) is 0 Å². The minimum atomic E-state index is -4.91. The molecule has 0 spiro atoms. The molecule has 0 aliphatic carbocycles. The van der Waals surface area contributed by atoms with Crippen LogP contribution in [0.1, 0.15) is 18.4 Å². The van der Waals surface area contributed by atoms with Crippen LogP contribution in [0, 0.1) is 0 Å². The minimum absolute atomic E-state index is 0.276. The molecule has 2 N–H and O–H groups in total. The number of carbonyl (C=O) groups is 2. The van der Waals surface area contributed by atoms with Gasteiger partial charge in [0.1, 0.15) is 6.10 Å². The van der Waals surface area contributed by atoms with Gasteiger partial charge in [-0.15, -0.1) is 0 Å². The van der Waals surface area contributed by atoms with Crippen LogP contribution in [-0.4, -0.2) is 30.7 Å². The molecule has 1 aromatic carbocycles. The number of hydrogen-bond acceptors (Lipinski definition) is 3. The molecule has 0 aromatic heterocycles. The molecule has 1 aliphatic heterocycles. The van der Waals surface area contributed by atoms with Gasteiger partial charge in [-0.2, -0.15) is 13.2 Å². The van der Waals surface area contributed by atoms with Crippen molar-refractivity contribution < 1.29 is 27.5 Å². The Morgan fingerprint density at radius 3 is 2.73 bits per heavy atom. The van der Waals surface area contributed by atoms with Crippen LogP contribution in [0.25, 0.3) is 0 Å². The first-order valence-electron chi connectivity index (χ1n) is 6.72. The van der Waals surface area contributed by atoms with Crippen LogP contribution in [0.4, 0.5) is 18.9 Å². The van der Waals surface area contributed by atoms with Gasteiger partial charge in [0.05, 0.1) is 0 Å². The summed E-state index contributed by atoms with van der Waals surface area (Å²) in [7, 11) is 0. The Morgan fingerprint density at radius 2 is 2.09 bits per heavy atom. The molecule has 2 amide bonds. The van der Waals surface area contributed by atoms with Crippen LogP contribution in [0.5, 0.6) is 0 Å². The highest BCUT2D eigenvalue weighted by atomic mass is 19.4. The Kier molecular flexibility index (Phi) is 5.02. The molecule has 1 unspecified atom stereocenters. The monoisotopic (exact) mass is 316 g/mol. The van der Waals surface area contributed by atoms with Crippen molar-refractivity contribution in [1.82, 2.24) is 5.32 Å². The number of halogens is 3. The zero-order valence-electron chi connectivity index (χ0n) is 11.6. The standard InChI is InChI=1S/C14H15F3N2O3/c15-14(16,17)13(21)18-8-9-3-1-4-10(7-9)19-12(20)11-5-2-6-22-11/h1,3-4,7,11H,2,5-6,8H2,(H,18,21)(H,19,20). The molecule has 1 saturated heterocycles. The van der Waals surface area contributed by atoms with Crippen LogP contribution in [-0.2, 0) is 20.9 Å². The number of nitrogens with one attached hydrogen (secondary N) is 2. The molecule has 0 saturated carbocycles. The van der Waals surface area contributed by atoms with Gasteiger partial charge >= 0.3 is 12.1 Å². The lowest BCUT2D eigenvalue weighted by molar-refractivity contribution is -0.173. The second-order valence-corrected chi connectivity index (χ2v) is 4.87. The number of anilines is 1. The lowest BCUT2D eigenvalue weighted by Gasteiger charge is -2.12. The number of rotatable bonds is 4. The maximum atomic E-state index is 12.1. The van der Waals surface area contributed by atoms with Gasteiger partial charge in [0.2, 0.25) is 0 Å². The van der Waals surface area contributed by atoms with E-state index in [1.807, 2.05) is 0 Å². The molecule has 0 radical (unpaired) electrons. The largest absolute Gasteiger partial charge is 0.471 e. The van der Waals surface area contributed by atoms with E-state index in [9.17, 15) is 22.8 Å². The summed E-state index contributed by atoms with van der Waals surface area (Å²) in [6.07, 6.45) is -3.94. The molecule has 1 aromatic rings. The van der Waals surface area contributed by atoms with E-state index in [4.69, 9.17) is 4.74 Å². The fourth-order valence-electron chi connectivity index (χ4n) is 2.05. The van der Waals surface area contributed by atoms with E-state index in [0.29, 0.717) is 24.3 Å². The second kappa shape index (κ2) is 6.78. The summed E-state index contributed by atoms with van der Waals surface area (Å²) < 4.78 is 41.5. The van der Waals surface area contributed by atoms with Crippen LogP contribution in [0.3, 0.4) is 0 Å². The summed E-state index contributed by atoms with van der Waals surface area (Å²) in [5.74, 6) is -2.28. The number of alkyl halides is 3. The molecule has 120 valence electrons. The molecule has 22 heavy (non-hydrogen) atoms. The average molecular weight is 316 g/mol. The maximum absolute atomic E-state index is 12.1. The van der Waals surface area contributed by atoms with Crippen molar-refractivity contribution in [2.45, 2.75) is 31.7 Å². The van der Waals surface area contributed by atoms with Gasteiger partial charge in [-0.3, -0.25) is 9.59 Å². The number of carbonyl (C=O) groups excluding carboxylic acids is 2. The average Bonchev–Trinajstić information content (AvgIpc) is 2.98. The molecule has 1 heterocycles. The van der Waals surface area contributed by atoms with E-state index >= 15 is 0 Å². The second-order valence-electron chi connectivity index (χ2n) is 4.87. The molecule has 5 nitrogen and oxygen atoms in total. The van der Waals surface area contributed by atoms with Gasteiger partial charge in [-0.1, -0.05) is 12.1 Å². The van der Waals surface area contributed by atoms with Gasteiger partial charge in [0.15, 0.2) is 0 Å². The van der Waals surface area contributed by atoms with Crippen molar-refractivity contribution in [2.24, 2.45) is 0 Å². The third kappa shape index (κ3) is 4.45. The highest BCUT2D eigenvalue weighted by molar-refractivity contribution is 5.94. The van der Waals surface area contributed by atoms with Crippen molar-refractivity contribution >= 4 is 17.5 Å². The van der Waals surface area contributed by atoms with Crippen molar-refractivity contribution in [1.29, 1.82) is 0 Å². The maximum Gasteiger partial charge on any atom is 0.471 e. The topological polar surface area (TPSA) is 67.4 Å². The number of benzene rings is 1. The van der Waals surface area contributed by atoms with E-state index in [0.717, 1.165) is 6.42 Å². The Labute approximate surface area is 124 Å². The summed E-state index contributed by atoms with van der Waals surface area (Å²) in [6.45, 7) is 0.267. The SMILES string of the molecule is O=C(Nc1cccc(CNC(=O)C(F)(F)F)c1)C1CCCO1. The van der Waals surface area contributed by atoms with Crippen LogP contribution < -0.4 is 10.6 Å². The van der Waals surface area contributed by atoms with Crippen molar-refractivity contribution in [3.8, 4) is 0 Å². The first-order chi connectivity index (χ1) is 10.4. The van der Waals surface area contributed by atoms with Gasteiger partial charge < -0.3 is 15.4 Å². The smallest absolute Gasteiger partial charge is 0.368 e. The van der Waals surface area contributed by atoms with Crippen LogP contribution >= 0.6 is 0 Å². The Hall–Kier alpha value is -2.09. The van der Waals surface area contributed by atoms with Crippen LogP contribution in [0.2, 0.25) is 0 Å². The Bertz CT molecular complexity index is 555. The molecule has 1 fully saturated rings. The van der Waals surface area contributed by atoms with Gasteiger partial charge in [-0.05, 0) is 30.5 Å². The fraction of sp³-hybridized carbons (Fsp3) is 0.429. The van der Waals surface area contributed by atoms with Crippen LogP contribution in [0.15, 0.2) is 24.3 Å². The third-order valence-electron chi connectivity index (χ3n) is 3.13. The van der Waals surface area contributed by atoms with E-state index in [1.165, 1.54) is 6.07 Å². The highest BCUT2D eigenvalue weighted by Crippen LogP contribution is 2.17. The normalized spacial score (nSPS) is 18.0. The van der Waals surface area contributed by atoms with Gasteiger partial charge in [0.25, 0.3) is 5.91 Å². The summed E-state index contributed by atoms with van der Waals surface area (Å²) >= 11 is 0. The Morgan fingerprint density at radius 1 is 1.32 bits per heavy atom. The van der Waals surface area contributed by atoms with Crippen molar-refractivity contribution in [3.63, 3.8) is 0 Å². The van der Waals surface area contributed by atoms with Gasteiger partial charge in [0, 0.05) is 18.8 Å². The number of amides is 2. The zero-order chi connectivity index (χ0) is 16.2. The molecule has 2 rings (SSSR count). The lowest BCUT2D eigenvalue weighted by Crippen LogP contribution is -2.36. The van der Waals surface area contributed by atoms with E-state index in [2.05, 4.69) is 5.32 Å². The lowest BCUT2D eigenvalue weighted by atomic mass is 10.2. The molecular weight excluding hydrogens is 301 g/mol. The van der Waals surface area contributed by atoms with E-state index in [1.54, 1.807) is 23.5 Å². The van der Waals surface area contributed by atoms with Crippen molar-refractivity contribution in [2.75, 3.05) is 11.9 Å². The molecule has 1 atom stereocenters. The summed E-state index contributed by atoms with van der Waals surface area (Å²) in [5, 5.41) is 4.42.